The molecule has 3 heteroatoms. The Bertz CT molecular complexity index is 580. The largest absolute Gasteiger partial charge is 0.490 e. The molecule has 1 aliphatic rings. The van der Waals surface area contributed by atoms with E-state index in [0.29, 0.717) is 6.10 Å². The molecule has 98 valence electrons. The maximum atomic E-state index is 6.34. The highest BCUT2D eigenvalue weighted by Crippen LogP contribution is 2.29. The van der Waals surface area contributed by atoms with Crippen molar-refractivity contribution in [1.29, 1.82) is 0 Å². The highest BCUT2D eigenvalue weighted by molar-refractivity contribution is 14.1. The first-order valence-electron chi connectivity index (χ1n) is 6.50. The summed E-state index contributed by atoms with van der Waals surface area (Å²) in [6.45, 7) is 0. The first kappa shape index (κ1) is 12.9. The summed E-state index contributed by atoms with van der Waals surface area (Å²) in [5.74, 6) is 0.932. The molecule has 1 unspecified atom stereocenters. The Kier molecular flexibility index (Phi) is 3.75. The number of nitrogens with two attached hydrogens (primary N) is 1. The van der Waals surface area contributed by atoms with Crippen LogP contribution < -0.4 is 10.5 Å². The lowest BCUT2D eigenvalue weighted by molar-refractivity contribution is 0.303. The Balaban J connectivity index is 1.83. The van der Waals surface area contributed by atoms with Gasteiger partial charge in [-0.25, -0.2) is 0 Å². The normalized spacial score (nSPS) is 16.1. The lowest BCUT2D eigenvalue weighted by Gasteiger charge is -2.14. The van der Waals surface area contributed by atoms with E-state index in [2.05, 4.69) is 52.9 Å². The number of ether oxygens (including phenoxy) is 1. The fourth-order valence-corrected chi connectivity index (χ4v) is 2.62. The predicted octanol–water partition coefficient (Wildman–Crippen LogP) is 3.88. The van der Waals surface area contributed by atoms with Crippen molar-refractivity contribution in [2.75, 3.05) is 0 Å². The van der Waals surface area contributed by atoms with E-state index in [0.717, 1.165) is 16.9 Å². The lowest BCUT2D eigenvalue weighted by Crippen LogP contribution is -2.12. The molecule has 2 nitrogen and oxygen atoms in total. The minimum Gasteiger partial charge on any atom is -0.490 e. The molecule has 3 rings (SSSR count). The van der Waals surface area contributed by atoms with Gasteiger partial charge in [-0.05, 0) is 70.8 Å². The molecule has 0 radical (unpaired) electrons. The molecule has 0 aliphatic heterocycles. The summed E-state index contributed by atoms with van der Waals surface area (Å²) in [5.41, 5.74) is 8.57. The minimum absolute atomic E-state index is 0.0996. The maximum absolute atomic E-state index is 6.34. The van der Waals surface area contributed by atoms with Gasteiger partial charge >= 0.3 is 0 Å². The maximum Gasteiger partial charge on any atom is 0.120 e. The van der Waals surface area contributed by atoms with E-state index in [9.17, 15) is 0 Å². The van der Waals surface area contributed by atoms with Crippen LogP contribution in [-0.4, -0.2) is 6.10 Å². The lowest BCUT2D eigenvalue weighted by atomic mass is 10.00. The molecule has 2 aromatic carbocycles. The van der Waals surface area contributed by atoms with Crippen LogP contribution in [0.25, 0.3) is 0 Å². The van der Waals surface area contributed by atoms with Crippen molar-refractivity contribution < 1.29 is 4.74 Å². The van der Waals surface area contributed by atoms with Crippen LogP contribution in [0.3, 0.4) is 0 Å². The molecule has 1 saturated carbocycles. The third-order valence-electron chi connectivity index (χ3n) is 3.25. The summed E-state index contributed by atoms with van der Waals surface area (Å²) < 4.78 is 7.02. The minimum atomic E-state index is -0.0996. The standard InChI is InChI=1S/C16H16INO/c17-13-5-1-3-11(9-13)16(18)12-4-2-6-15(10-12)19-14-7-8-14/h1-6,9-10,14,16H,7-8,18H2. The molecule has 0 saturated heterocycles. The van der Waals surface area contributed by atoms with E-state index < -0.39 is 0 Å². The molecule has 0 amide bonds. The fourth-order valence-electron chi connectivity index (χ4n) is 2.05. The van der Waals surface area contributed by atoms with Gasteiger partial charge in [0.1, 0.15) is 5.75 Å². The van der Waals surface area contributed by atoms with E-state index in [-0.39, 0.29) is 6.04 Å². The predicted molar refractivity (Wildman–Crippen MR) is 85.3 cm³/mol. The van der Waals surface area contributed by atoms with Crippen molar-refractivity contribution in [3.8, 4) is 5.75 Å². The molecule has 0 aromatic heterocycles. The van der Waals surface area contributed by atoms with Gasteiger partial charge in [-0.3, -0.25) is 0 Å². The quantitative estimate of drug-likeness (QED) is 0.835. The van der Waals surface area contributed by atoms with E-state index in [1.807, 2.05) is 18.2 Å². The van der Waals surface area contributed by atoms with Crippen LogP contribution in [-0.2, 0) is 0 Å². The van der Waals surface area contributed by atoms with Crippen LogP contribution in [0.4, 0.5) is 0 Å². The third-order valence-corrected chi connectivity index (χ3v) is 3.92. The number of hydrogen-bond donors (Lipinski definition) is 1. The van der Waals surface area contributed by atoms with Crippen LogP contribution in [0.1, 0.15) is 30.0 Å². The molecule has 0 heterocycles. The van der Waals surface area contributed by atoms with Crippen molar-refractivity contribution >= 4 is 22.6 Å². The van der Waals surface area contributed by atoms with Gasteiger partial charge < -0.3 is 10.5 Å². The molecular weight excluding hydrogens is 349 g/mol. The van der Waals surface area contributed by atoms with Crippen molar-refractivity contribution in [2.24, 2.45) is 5.73 Å². The summed E-state index contributed by atoms with van der Waals surface area (Å²) >= 11 is 2.31. The average Bonchev–Trinajstić information content (AvgIpc) is 3.22. The molecule has 2 aromatic rings. The first-order chi connectivity index (χ1) is 9.22. The van der Waals surface area contributed by atoms with Crippen LogP contribution >= 0.6 is 22.6 Å². The summed E-state index contributed by atoms with van der Waals surface area (Å²) in [4.78, 5) is 0. The fraction of sp³-hybridized carbons (Fsp3) is 0.250. The van der Waals surface area contributed by atoms with Crippen LogP contribution in [0, 0.1) is 3.57 Å². The molecule has 0 spiro atoms. The second-order valence-electron chi connectivity index (χ2n) is 4.92. The molecule has 1 aliphatic carbocycles. The number of benzene rings is 2. The van der Waals surface area contributed by atoms with Crippen LogP contribution in [0.2, 0.25) is 0 Å². The molecule has 0 bridgehead atoms. The zero-order chi connectivity index (χ0) is 13.2. The number of halogens is 1. The van der Waals surface area contributed by atoms with E-state index in [4.69, 9.17) is 10.5 Å². The Labute approximate surface area is 127 Å². The Hall–Kier alpha value is -1.07. The second kappa shape index (κ2) is 5.51. The van der Waals surface area contributed by atoms with E-state index in [1.165, 1.54) is 16.4 Å². The summed E-state index contributed by atoms with van der Waals surface area (Å²) in [5, 5.41) is 0. The summed E-state index contributed by atoms with van der Waals surface area (Å²) in [7, 11) is 0. The van der Waals surface area contributed by atoms with Gasteiger partial charge in [0.2, 0.25) is 0 Å². The number of rotatable bonds is 4. The van der Waals surface area contributed by atoms with Crippen LogP contribution in [0.15, 0.2) is 48.5 Å². The summed E-state index contributed by atoms with van der Waals surface area (Å²) in [6.07, 6.45) is 2.77. The number of hydrogen-bond acceptors (Lipinski definition) is 2. The zero-order valence-electron chi connectivity index (χ0n) is 10.6. The smallest absolute Gasteiger partial charge is 0.120 e. The third kappa shape index (κ3) is 3.28. The highest BCUT2D eigenvalue weighted by Gasteiger charge is 2.23. The Morgan fingerprint density at radius 3 is 2.42 bits per heavy atom. The van der Waals surface area contributed by atoms with E-state index >= 15 is 0 Å². The monoisotopic (exact) mass is 365 g/mol. The van der Waals surface area contributed by atoms with Gasteiger partial charge in [-0.15, -0.1) is 0 Å². The molecular formula is C16H16INO. The summed E-state index contributed by atoms with van der Waals surface area (Å²) in [6, 6.07) is 16.3. The van der Waals surface area contributed by atoms with Crippen molar-refractivity contribution in [1.82, 2.24) is 0 Å². The van der Waals surface area contributed by atoms with Gasteiger partial charge in [0.15, 0.2) is 0 Å². The van der Waals surface area contributed by atoms with Crippen LogP contribution in [0.5, 0.6) is 5.75 Å². The Morgan fingerprint density at radius 1 is 1.05 bits per heavy atom. The van der Waals surface area contributed by atoms with Gasteiger partial charge in [-0.1, -0.05) is 24.3 Å². The van der Waals surface area contributed by atoms with Crippen molar-refractivity contribution in [3.05, 3.63) is 63.2 Å². The Morgan fingerprint density at radius 2 is 1.74 bits per heavy atom. The van der Waals surface area contributed by atoms with Crippen molar-refractivity contribution in [2.45, 2.75) is 25.0 Å². The second-order valence-corrected chi connectivity index (χ2v) is 6.17. The SMILES string of the molecule is NC(c1cccc(I)c1)c1cccc(OC2CC2)c1. The molecule has 1 fully saturated rings. The first-order valence-corrected chi connectivity index (χ1v) is 7.58. The van der Waals surface area contributed by atoms with Gasteiger partial charge in [0.05, 0.1) is 12.1 Å². The zero-order valence-corrected chi connectivity index (χ0v) is 12.7. The van der Waals surface area contributed by atoms with Gasteiger partial charge in [0, 0.05) is 3.57 Å². The molecule has 19 heavy (non-hydrogen) atoms. The van der Waals surface area contributed by atoms with E-state index in [1.54, 1.807) is 0 Å². The topological polar surface area (TPSA) is 35.2 Å². The van der Waals surface area contributed by atoms with Gasteiger partial charge in [0.25, 0.3) is 0 Å². The highest BCUT2D eigenvalue weighted by atomic mass is 127. The molecule has 2 N–H and O–H groups in total. The van der Waals surface area contributed by atoms with Gasteiger partial charge in [-0.2, -0.15) is 0 Å². The van der Waals surface area contributed by atoms with Crippen molar-refractivity contribution in [3.63, 3.8) is 0 Å². The molecule has 1 atom stereocenters. The average molecular weight is 365 g/mol.